The molecular weight excluding hydrogens is 214 g/mol. The molecule has 0 aromatic heterocycles. The molecule has 0 saturated heterocycles. The van der Waals surface area contributed by atoms with Crippen molar-refractivity contribution in [2.24, 2.45) is 0 Å². The fourth-order valence-electron chi connectivity index (χ4n) is 3.13. The van der Waals surface area contributed by atoms with Crippen LogP contribution in [0, 0.1) is 0 Å². The molecular formula is C14H27NO2. The van der Waals surface area contributed by atoms with Crippen LogP contribution in [0.3, 0.4) is 0 Å². The second-order valence-corrected chi connectivity index (χ2v) is 5.65. The minimum atomic E-state index is 0.198. The molecule has 2 aliphatic carbocycles. The third kappa shape index (κ3) is 3.43. The number of methoxy groups -OCH3 is 1. The Hall–Kier alpha value is -0.120. The highest BCUT2D eigenvalue weighted by molar-refractivity contribution is 4.92. The van der Waals surface area contributed by atoms with Crippen molar-refractivity contribution in [3.05, 3.63) is 0 Å². The summed E-state index contributed by atoms with van der Waals surface area (Å²) in [6.45, 7) is 1.07. The normalized spacial score (nSPS) is 32.1. The summed E-state index contributed by atoms with van der Waals surface area (Å²) >= 11 is 0. The van der Waals surface area contributed by atoms with E-state index in [9.17, 15) is 0 Å². The second kappa shape index (κ2) is 6.17. The summed E-state index contributed by atoms with van der Waals surface area (Å²) in [5.74, 6) is 0. The fraction of sp³-hybridized carbons (Fsp3) is 1.00. The Bertz CT molecular complexity index is 228. The van der Waals surface area contributed by atoms with Gasteiger partial charge in [-0.2, -0.15) is 0 Å². The van der Waals surface area contributed by atoms with Gasteiger partial charge >= 0.3 is 0 Å². The maximum atomic E-state index is 6.43. The highest BCUT2D eigenvalue weighted by atomic mass is 16.5. The molecule has 0 amide bonds. The maximum Gasteiger partial charge on any atom is 0.0698 e. The number of nitrogens with one attached hydrogen (secondary N) is 1. The predicted octanol–water partition coefficient (Wildman–Crippen LogP) is 2.49. The monoisotopic (exact) mass is 241 g/mol. The fourth-order valence-corrected chi connectivity index (χ4v) is 3.13. The van der Waals surface area contributed by atoms with Gasteiger partial charge in [0, 0.05) is 7.11 Å². The van der Waals surface area contributed by atoms with Crippen LogP contribution in [0.2, 0.25) is 0 Å². The molecule has 3 heteroatoms. The van der Waals surface area contributed by atoms with Gasteiger partial charge in [0.15, 0.2) is 0 Å². The van der Waals surface area contributed by atoms with Crippen LogP contribution in [0.5, 0.6) is 0 Å². The van der Waals surface area contributed by atoms with Crippen LogP contribution in [-0.4, -0.2) is 38.5 Å². The highest BCUT2D eigenvalue weighted by Crippen LogP contribution is 2.41. The quantitative estimate of drug-likeness (QED) is 0.775. The molecule has 0 aromatic rings. The minimum absolute atomic E-state index is 0.198. The Labute approximate surface area is 105 Å². The molecule has 3 nitrogen and oxygen atoms in total. The van der Waals surface area contributed by atoms with E-state index in [1.54, 1.807) is 0 Å². The van der Waals surface area contributed by atoms with E-state index in [2.05, 4.69) is 5.32 Å². The third-order valence-electron chi connectivity index (χ3n) is 4.42. The molecule has 2 saturated carbocycles. The molecule has 0 heterocycles. The van der Waals surface area contributed by atoms with Crippen LogP contribution in [-0.2, 0) is 9.47 Å². The second-order valence-electron chi connectivity index (χ2n) is 5.65. The standard InChI is InChI=1S/C14H27NO2/c1-15-10-9-14(7-4-8-14)17-13-6-3-5-12(11-13)16-2/h12-13,15H,3-11H2,1-2H3. The molecule has 1 N–H and O–H groups in total. The van der Waals surface area contributed by atoms with Gasteiger partial charge in [0.1, 0.15) is 0 Å². The van der Waals surface area contributed by atoms with E-state index in [4.69, 9.17) is 9.47 Å². The summed E-state index contributed by atoms with van der Waals surface area (Å²) < 4.78 is 11.9. The Morgan fingerprint density at radius 2 is 1.94 bits per heavy atom. The van der Waals surface area contributed by atoms with Crippen LogP contribution in [0.25, 0.3) is 0 Å². The molecule has 2 rings (SSSR count). The lowest BCUT2D eigenvalue weighted by Crippen LogP contribution is -2.46. The summed E-state index contributed by atoms with van der Waals surface area (Å²) in [5.41, 5.74) is 0.198. The van der Waals surface area contributed by atoms with E-state index in [0.29, 0.717) is 12.2 Å². The molecule has 0 bridgehead atoms. The Balaban J connectivity index is 1.81. The van der Waals surface area contributed by atoms with Crippen LogP contribution >= 0.6 is 0 Å². The van der Waals surface area contributed by atoms with Gasteiger partial charge in [-0.15, -0.1) is 0 Å². The average Bonchev–Trinajstić information content (AvgIpc) is 2.32. The number of hydrogen-bond donors (Lipinski definition) is 1. The van der Waals surface area contributed by atoms with Crippen molar-refractivity contribution >= 4 is 0 Å². The van der Waals surface area contributed by atoms with E-state index in [-0.39, 0.29) is 5.60 Å². The predicted molar refractivity (Wildman–Crippen MR) is 69.3 cm³/mol. The number of ether oxygens (including phenoxy) is 2. The zero-order valence-corrected chi connectivity index (χ0v) is 11.3. The van der Waals surface area contributed by atoms with E-state index >= 15 is 0 Å². The molecule has 2 atom stereocenters. The SMILES string of the molecule is CNCCC1(OC2CCCC(OC)C2)CCC1. The van der Waals surface area contributed by atoms with E-state index in [1.807, 2.05) is 14.2 Å². The van der Waals surface area contributed by atoms with Crippen molar-refractivity contribution in [3.8, 4) is 0 Å². The van der Waals surface area contributed by atoms with Crippen LogP contribution < -0.4 is 5.32 Å². The van der Waals surface area contributed by atoms with Gasteiger partial charge < -0.3 is 14.8 Å². The van der Waals surface area contributed by atoms with Gasteiger partial charge in [-0.25, -0.2) is 0 Å². The van der Waals surface area contributed by atoms with Crippen molar-refractivity contribution in [3.63, 3.8) is 0 Å². The largest absolute Gasteiger partial charge is 0.381 e. The lowest BCUT2D eigenvalue weighted by molar-refractivity contribution is -0.162. The molecule has 100 valence electrons. The lowest BCUT2D eigenvalue weighted by atomic mass is 9.77. The first kappa shape index (κ1) is 13.3. The van der Waals surface area contributed by atoms with Crippen LogP contribution in [0.4, 0.5) is 0 Å². The lowest BCUT2D eigenvalue weighted by Gasteiger charge is -2.45. The summed E-state index contributed by atoms with van der Waals surface area (Å²) in [4.78, 5) is 0. The molecule has 2 aliphatic rings. The average molecular weight is 241 g/mol. The molecule has 2 unspecified atom stereocenters. The van der Waals surface area contributed by atoms with Crippen molar-refractivity contribution in [1.29, 1.82) is 0 Å². The molecule has 2 fully saturated rings. The van der Waals surface area contributed by atoms with Gasteiger partial charge in [0.05, 0.1) is 17.8 Å². The Morgan fingerprint density at radius 1 is 1.18 bits per heavy atom. The van der Waals surface area contributed by atoms with Crippen molar-refractivity contribution in [2.75, 3.05) is 20.7 Å². The molecule has 0 spiro atoms. The number of hydrogen-bond acceptors (Lipinski definition) is 3. The van der Waals surface area contributed by atoms with Crippen LogP contribution in [0.15, 0.2) is 0 Å². The van der Waals surface area contributed by atoms with Crippen molar-refractivity contribution in [2.45, 2.75) is 69.2 Å². The first-order valence-electron chi connectivity index (χ1n) is 7.13. The smallest absolute Gasteiger partial charge is 0.0698 e. The van der Waals surface area contributed by atoms with E-state index < -0.39 is 0 Å². The summed E-state index contributed by atoms with van der Waals surface area (Å²) in [5, 5.41) is 3.24. The first-order valence-corrected chi connectivity index (χ1v) is 7.13. The van der Waals surface area contributed by atoms with E-state index in [1.165, 1.54) is 38.5 Å². The summed E-state index contributed by atoms with van der Waals surface area (Å²) in [6, 6.07) is 0. The van der Waals surface area contributed by atoms with Gasteiger partial charge in [0.2, 0.25) is 0 Å². The summed E-state index contributed by atoms with van der Waals surface area (Å²) in [6.07, 6.45) is 10.7. The maximum absolute atomic E-state index is 6.43. The highest BCUT2D eigenvalue weighted by Gasteiger charge is 2.40. The Kier molecular flexibility index (Phi) is 4.83. The third-order valence-corrected chi connectivity index (χ3v) is 4.42. The molecule has 0 aromatic carbocycles. The summed E-state index contributed by atoms with van der Waals surface area (Å²) in [7, 11) is 3.85. The topological polar surface area (TPSA) is 30.5 Å². The molecule has 0 radical (unpaired) electrons. The van der Waals surface area contributed by atoms with Crippen LogP contribution in [0.1, 0.15) is 51.4 Å². The first-order chi connectivity index (χ1) is 8.28. The molecule has 17 heavy (non-hydrogen) atoms. The zero-order chi connectivity index (χ0) is 12.1. The molecule has 0 aliphatic heterocycles. The van der Waals surface area contributed by atoms with Crippen molar-refractivity contribution < 1.29 is 9.47 Å². The minimum Gasteiger partial charge on any atom is -0.381 e. The van der Waals surface area contributed by atoms with E-state index in [0.717, 1.165) is 19.4 Å². The zero-order valence-electron chi connectivity index (χ0n) is 11.3. The van der Waals surface area contributed by atoms with Crippen molar-refractivity contribution in [1.82, 2.24) is 5.32 Å². The van der Waals surface area contributed by atoms with Gasteiger partial charge in [0.25, 0.3) is 0 Å². The van der Waals surface area contributed by atoms with Gasteiger partial charge in [-0.1, -0.05) is 0 Å². The van der Waals surface area contributed by atoms with Gasteiger partial charge in [-0.05, 0) is 65.0 Å². The number of rotatable bonds is 6. The Morgan fingerprint density at radius 3 is 2.53 bits per heavy atom. The van der Waals surface area contributed by atoms with Gasteiger partial charge in [-0.3, -0.25) is 0 Å².